The topological polar surface area (TPSA) is 52.3 Å². The van der Waals surface area contributed by atoms with Gasteiger partial charge in [-0.25, -0.2) is 4.79 Å². The molecule has 0 unspecified atom stereocenters. The van der Waals surface area contributed by atoms with Crippen LogP contribution in [0.1, 0.15) is 10.6 Å². The monoisotopic (exact) mass is 223 g/mol. The molecule has 2 aromatic rings. The first-order valence-corrected chi connectivity index (χ1v) is 4.50. The number of carbonyl (C=O) groups is 1. The van der Waals surface area contributed by atoms with Gasteiger partial charge in [-0.15, -0.1) is 0 Å². The van der Waals surface area contributed by atoms with Crippen LogP contribution < -0.4 is 4.74 Å². The molecule has 0 aromatic carbocycles. The van der Waals surface area contributed by atoms with E-state index in [1.165, 1.54) is 30.8 Å². The Bertz CT molecular complexity index is 467. The SMILES string of the molecule is O=C(Oc1ccncc1Cl)c1ccco1. The van der Waals surface area contributed by atoms with Gasteiger partial charge in [0.05, 0.1) is 6.26 Å². The van der Waals surface area contributed by atoms with Gasteiger partial charge < -0.3 is 9.15 Å². The molecule has 0 N–H and O–H groups in total. The maximum absolute atomic E-state index is 11.4. The lowest BCUT2D eigenvalue weighted by Gasteiger charge is -2.02. The van der Waals surface area contributed by atoms with Crippen LogP contribution in [-0.2, 0) is 0 Å². The Morgan fingerprint density at radius 3 is 3.00 bits per heavy atom. The third-order valence-electron chi connectivity index (χ3n) is 1.66. The first-order chi connectivity index (χ1) is 7.27. The molecule has 2 heterocycles. The molecule has 0 aliphatic rings. The van der Waals surface area contributed by atoms with Crippen molar-refractivity contribution in [1.29, 1.82) is 0 Å². The predicted octanol–water partition coefficient (Wildman–Crippen LogP) is 2.55. The second-order valence-electron chi connectivity index (χ2n) is 2.67. The minimum Gasteiger partial charge on any atom is -0.457 e. The maximum Gasteiger partial charge on any atom is 0.379 e. The van der Waals surface area contributed by atoms with E-state index >= 15 is 0 Å². The van der Waals surface area contributed by atoms with Gasteiger partial charge in [-0.3, -0.25) is 4.98 Å². The molecule has 15 heavy (non-hydrogen) atoms. The molecule has 0 radical (unpaired) electrons. The number of furan rings is 1. The third kappa shape index (κ3) is 2.16. The number of carbonyl (C=O) groups excluding carboxylic acids is 1. The maximum atomic E-state index is 11.4. The average Bonchev–Trinajstić information content (AvgIpc) is 2.74. The second kappa shape index (κ2) is 4.14. The summed E-state index contributed by atoms with van der Waals surface area (Å²) in [4.78, 5) is 15.2. The molecule has 5 heteroatoms. The summed E-state index contributed by atoms with van der Waals surface area (Å²) in [6.45, 7) is 0. The van der Waals surface area contributed by atoms with E-state index in [-0.39, 0.29) is 16.5 Å². The molecule has 0 saturated carbocycles. The molecule has 0 aliphatic carbocycles. The van der Waals surface area contributed by atoms with Crippen molar-refractivity contribution < 1.29 is 13.9 Å². The number of rotatable bonds is 2. The third-order valence-corrected chi connectivity index (χ3v) is 1.94. The highest BCUT2D eigenvalue weighted by atomic mass is 35.5. The molecule has 2 aromatic heterocycles. The molecule has 76 valence electrons. The normalized spacial score (nSPS) is 9.93. The molecule has 0 atom stereocenters. The summed E-state index contributed by atoms with van der Waals surface area (Å²) < 4.78 is 9.86. The van der Waals surface area contributed by atoms with Crippen LogP contribution in [0.2, 0.25) is 5.02 Å². The van der Waals surface area contributed by atoms with E-state index in [0.29, 0.717) is 0 Å². The predicted molar refractivity (Wildman–Crippen MR) is 52.9 cm³/mol. The van der Waals surface area contributed by atoms with Crippen molar-refractivity contribution in [3.05, 3.63) is 47.6 Å². The van der Waals surface area contributed by atoms with E-state index in [9.17, 15) is 4.79 Å². The van der Waals surface area contributed by atoms with Gasteiger partial charge in [0.15, 0.2) is 5.75 Å². The fourth-order valence-electron chi connectivity index (χ4n) is 0.990. The Balaban J connectivity index is 2.17. The zero-order chi connectivity index (χ0) is 10.7. The second-order valence-corrected chi connectivity index (χ2v) is 3.08. The minimum atomic E-state index is -0.590. The quantitative estimate of drug-likeness (QED) is 0.735. The zero-order valence-corrected chi connectivity index (χ0v) is 8.27. The van der Waals surface area contributed by atoms with Crippen molar-refractivity contribution in [3.63, 3.8) is 0 Å². The number of pyridine rings is 1. The van der Waals surface area contributed by atoms with E-state index in [1.54, 1.807) is 6.07 Å². The number of hydrogen-bond donors (Lipinski definition) is 0. The number of halogens is 1. The van der Waals surface area contributed by atoms with Crippen LogP contribution in [0.5, 0.6) is 5.75 Å². The van der Waals surface area contributed by atoms with Gasteiger partial charge in [0.2, 0.25) is 5.76 Å². The Morgan fingerprint density at radius 1 is 1.47 bits per heavy atom. The fraction of sp³-hybridized carbons (Fsp3) is 0. The Kier molecular flexibility index (Phi) is 2.69. The molecular weight excluding hydrogens is 218 g/mol. The number of esters is 1. The molecule has 0 spiro atoms. The summed E-state index contributed by atoms with van der Waals surface area (Å²) >= 11 is 5.76. The largest absolute Gasteiger partial charge is 0.457 e. The van der Waals surface area contributed by atoms with E-state index < -0.39 is 5.97 Å². The highest BCUT2D eigenvalue weighted by Gasteiger charge is 2.12. The zero-order valence-electron chi connectivity index (χ0n) is 7.51. The van der Waals surface area contributed by atoms with Crippen LogP contribution in [-0.4, -0.2) is 11.0 Å². The van der Waals surface area contributed by atoms with Crippen molar-refractivity contribution in [2.24, 2.45) is 0 Å². The van der Waals surface area contributed by atoms with Crippen molar-refractivity contribution in [3.8, 4) is 5.75 Å². The van der Waals surface area contributed by atoms with Crippen LogP contribution in [0.25, 0.3) is 0 Å². The van der Waals surface area contributed by atoms with E-state index in [4.69, 9.17) is 20.8 Å². The van der Waals surface area contributed by atoms with Gasteiger partial charge in [-0.1, -0.05) is 11.6 Å². The van der Waals surface area contributed by atoms with E-state index in [2.05, 4.69) is 4.98 Å². The molecule has 0 amide bonds. The number of aromatic nitrogens is 1. The summed E-state index contributed by atoms with van der Waals surface area (Å²) in [6, 6.07) is 4.62. The molecule has 0 bridgehead atoms. The lowest BCUT2D eigenvalue weighted by molar-refractivity contribution is 0.0701. The van der Waals surface area contributed by atoms with E-state index in [0.717, 1.165) is 0 Å². The summed E-state index contributed by atoms with van der Waals surface area (Å²) in [5, 5.41) is 0.275. The van der Waals surface area contributed by atoms with Crippen molar-refractivity contribution in [2.45, 2.75) is 0 Å². The summed E-state index contributed by atoms with van der Waals surface area (Å²) in [5.41, 5.74) is 0. The molecule has 0 saturated heterocycles. The van der Waals surface area contributed by atoms with Crippen LogP contribution in [0.4, 0.5) is 0 Å². The lowest BCUT2D eigenvalue weighted by atomic mass is 10.4. The number of ether oxygens (including phenoxy) is 1. The number of nitrogens with zero attached hydrogens (tertiary/aromatic N) is 1. The standard InChI is InChI=1S/C10H6ClNO3/c11-7-6-12-4-3-8(7)15-10(13)9-2-1-5-14-9/h1-6H. The molecule has 4 nitrogen and oxygen atoms in total. The first kappa shape index (κ1) is 9.73. The Labute approximate surface area is 90.4 Å². The molecule has 0 fully saturated rings. The highest BCUT2D eigenvalue weighted by molar-refractivity contribution is 6.32. The fourth-order valence-corrected chi connectivity index (χ4v) is 1.15. The van der Waals surface area contributed by atoms with Crippen LogP contribution in [0.15, 0.2) is 41.3 Å². The van der Waals surface area contributed by atoms with Gasteiger partial charge >= 0.3 is 5.97 Å². The van der Waals surface area contributed by atoms with E-state index in [1.807, 2.05) is 0 Å². The van der Waals surface area contributed by atoms with Gasteiger partial charge in [-0.2, -0.15) is 0 Å². The van der Waals surface area contributed by atoms with Crippen molar-refractivity contribution in [1.82, 2.24) is 4.98 Å². The Morgan fingerprint density at radius 2 is 2.33 bits per heavy atom. The van der Waals surface area contributed by atoms with Crippen LogP contribution in [0.3, 0.4) is 0 Å². The summed E-state index contributed by atoms with van der Waals surface area (Å²) in [7, 11) is 0. The Hall–Kier alpha value is -1.81. The van der Waals surface area contributed by atoms with Crippen molar-refractivity contribution >= 4 is 17.6 Å². The summed E-state index contributed by atoms with van der Waals surface area (Å²) in [5.74, 6) is -0.205. The van der Waals surface area contributed by atoms with Crippen LogP contribution in [0, 0.1) is 0 Å². The van der Waals surface area contributed by atoms with Gasteiger partial charge in [0.25, 0.3) is 0 Å². The summed E-state index contributed by atoms with van der Waals surface area (Å²) in [6.07, 6.45) is 4.27. The van der Waals surface area contributed by atoms with Crippen molar-refractivity contribution in [2.75, 3.05) is 0 Å². The lowest BCUT2D eigenvalue weighted by Crippen LogP contribution is -2.07. The first-order valence-electron chi connectivity index (χ1n) is 4.12. The minimum absolute atomic E-state index is 0.128. The smallest absolute Gasteiger partial charge is 0.379 e. The molecular formula is C10H6ClNO3. The van der Waals surface area contributed by atoms with Crippen LogP contribution >= 0.6 is 11.6 Å². The van der Waals surface area contributed by atoms with Gasteiger partial charge in [0, 0.05) is 18.5 Å². The van der Waals surface area contributed by atoms with Gasteiger partial charge in [0.1, 0.15) is 5.02 Å². The molecule has 0 aliphatic heterocycles. The average molecular weight is 224 g/mol. The molecule has 2 rings (SSSR count). The number of hydrogen-bond acceptors (Lipinski definition) is 4. The highest BCUT2D eigenvalue weighted by Crippen LogP contribution is 2.22. The van der Waals surface area contributed by atoms with Gasteiger partial charge in [-0.05, 0) is 12.1 Å².